The quantitative estimate of drug-likeness (QED) is 0.404. The second-order valence-corrected chi connectivity index (χ2v) is 10.6. The zero-order valence-electron chi connectivity index (χ0n) is 21.7. The topological polar surface area (TPSA) is 128 Å². The van der Waals surface area contributed by atoms with Crippen molar-refractivity contribution < 1.29 is 29.3 Å². The SMILES string of the molecule is Cc1cc(C(C(=O)Nc2c(C)cccc2Cl)N(C(=O)C(CO)NC(=O)OC(C)(C)C)C2CC2)ccc1O. The Morgan fingerprint density at radius 2 is 1.81 bits per heavy atom. The number of aromatic hydroxyl groups is 1. The third kappa shape index (κ3) is 7.14. The largest absolute Gasteiger partial charge is 0.508 e. The molecule has 9 nitrogen and oxygen atoms in total. The van der Waals surface area contributed by atoms with E-state index in [1.807, 2.05) is 0 Å². The molecule has 1 aliphatic carbocycles. The van der Waals surface area contributed by atoms with Gasteiger partial charge >= 0.3 is 6.09 Å². The lowest BCUT2D eigenvalue weighted by molar-refractivity contribution is -0.142. The Balaban J connectivity index is 2.01. The molecule has 0 heterocycles. The van der Waals surface area contributed by atoms with Crippen molar-refractivity contribution in [1.29, 1.82) is 0 Å². The maximum absolute atomic E-state index is 13.8. The molecule has 0 spiro atoms. The minimum atomic E-state index is -1.33. The molecule has 10 heteroatoms. The highest BCUT2D eigenvalue weighted by atomic mass is 35.5. The minimum absolute atomic E-state index is 0.0500. The summed E-state index contributed by atoms with van der Waals surface area (Å²) in [7, 11) is 0. The van der Waals surface area contributed by atoms with Gasteiger partial charge in [0.15, 0.2) is 0 Å². The Kier molecular flexibility index (Phi) is 8.71. The van der Waals surface area contributed by atoms with Crippen molar-refractivity contribution in [1.82, 2.24) is 10.2 Å². The number of rotatable bonds is 8. The van der Waals surface area contributed by atoms with E-state index in [1.165, 1.54) is 11.0 Å². The van der Waals surface area contributed by atoms with E-state index in [2.05, 4.69) is 10.6 Å². The first-order chi connectivity index (χ1) is 17.3. The molecular formula is C27H34ClN3O6. The van der Waals surface area contributed by atoms with Gasteiger partial charge in [-0.25, -0.2) is 4.79 Å². The van der Waals surface area contributed by atoms with Gasteiger partial charge in [0.25, 0.3) is 5.91 Å². The maximum Gasteiger partial charge on any atom is 0.408 e. The zero-order chi connectivity index (χ0) is 27.5. The molecule has 1 aliphatic rings. The van der Waals surface area contributed by atoms with Gasteiger partial charge in [0, 0.05) is 6.04 Å². The summed E-state index contributed by atoms with van der Waals surface area (Å²) in [5.41, 5.74) is 1.35. The summed E-state index contributed by atoms with van der Waals surface area (Å²) < 4.78 is 5.25. The van der Waals surface area contributed by atoms with E-state index in [1.54, 1.807) is 65.0 Å². The van der Waals surface area contributed by atoms with Gasteiger partial charge in [-0.1, -0.05) is 29.8 Å². The van der Waals surface area contributed by atoms with Crippen LogP contribution in [0.4, 0.5) is 10.5 Å². The Morgan fingerprint density at radius 3 is 2.35 bits per heavy atom. The van der Waals surface area contributed by atoms with Crippen molar-refractivity contribution in [2.45, 2.75) is 71.2 Å². The van der Waals surface area contributed by atoms with Crippen LogP contribution in [0.2, 0.25) is 5.02 Å². The first kappa shape index (κ1) is 28.3. The molecule has 2 unspecified atom stereocenters. The lowest BCUT2D eigenvalue weighted by atomic mass is 9.99. The predicted molar refractivity (Wildman–Crippen MR) is 141 cm³/mol. The Hall–Kier alpha value is -3.30. The molecule has 0 bridgehead atoms. The molecule has 3 rings (SSSR count). The summed E-state index contributed by atoms with van der Waals surface area (Å²) >= 11 is 6.35. The maximum atomic E-state index is 13.8. The summed E-state index contributed by atoms with van der Waals surface area (Å²) in [5, 5.41) is 25.7. The van der Waals surface area contributed by atoms with E-state index in [0.717, 1.165) is 5.56 Å². The Morgan fingerprint density at radius 1 is 1.14 bits per heavy atom. The zero-order valence-corrected chi connectivity index (χ0v) is 22.4. The number of anilines is 1. The van der Waals surface area contributed by atoms with Crippen LogP contribution in [0.3, 0.4) is 0 Å². The van der Waals surface area contributed by atoms with Crippen molar-refractivity contribution in [2.24, 2.45) is 0 Å². The van der Waals surface area contributed by atoms with Gasteiger partial charge in [0.05, 0.1) is 17.3 Å². The molecule has 2 aromatic rings. The molecule has 2 aromatic carbocycles. The second kappa shape index (κ2) is 11.4. The van der Waals surface area contributed by atoms with Crippen LogP contribution in [0, 0.1) is 13.8 Å². The number of alkyl carbamates (subject to hydrolysis) is 1. The number of hydrogen-bond donors (Lipinski definition) is 4. The van der Waals surface area contributed by atoms with Crippen molar-refractivity contribution in [3.8, 4) is 5.75 Å². The number of carbonyl (C=O) groups excluding carboxylic acids is 3. The van der Waals surface area contributed by atoms with E-state index in [9.17, 15) is 24.6 Å². The highest BCUT2D eigenvalue weighted by Gasteiger charge is 2.44. The molecule has 1 fully saturated rings. The first-order valence-corrected chi connectivity index (χ1v) is 12.5. The van der Waals surface area contributed by atoms with Crippen molar-refractivity contribution in [2.75, 3.05) is 11.9 Å². The van der Waals surface area contributed by atoms with Gasteiger partial charge in [0.2, 0.25) is 5.91 Å². The number of halogens is 1. The van der Waals surface area contributed by atoms with Gasteiger partial charge in [-0.05, 0) is 82.3 Å². The van der Waals surface area contributed by atoms with E-state index in [-0.39, 0.29) is 11.8 Å². The third-order valence-corrected chi connectivity index (χ3v) is 6.21. The Bertz CT molecular complexity index is 1150. The van der Waals surface area contributed by atoms with Crippen LogP contribution < -0.4 is 10.6 Å². The lowest BCUT2D eigenvalue weighted by Gasteiger charge is -2.34. The monoisotopic (exact) mass is 531 g/mol. The van der Waals surface area contributed by atoms with E-state index in [0.29, 0.717) is 34.7 Å². The predicted octanol–water partition coefficient (Wildman–Crippen LogP) is 4.22. The summed E-state index contributed by atoms with van der Waals surface area (Å²) in [5.74, 6) is -1.10. The lowest BCUT2D eigenvalue weighted by Crippen LogP contribution is -2.54. The summed E-state index contributed by atoms with van der Waals surface area (Å²) in [6, 6.07) is 7.17. The number of aliphatic hydroxyl groups is 1. The number of nitrogens with one attached hydrogen (secondary N) is 2. The number of phenols is 1. The van der Waals surface area contributed by atoms with E-state index in [4.69, 9.17) is 16.3 Å². The number of benzene rings is 2. The van der Waals surface area contributed by atoms with Crippen LogP contribution in [-0.2, 0) is 14.3 Å². The molecule has 4 N–H and O–H groups in total. The molecule has 3 amide bonds. The normalized spacial score (nSPS) is 14.9. The fourth-order valence-electron chi connectivity index (χ4n) is 3.95. The number of ether oxygens (including phenoxy) is 1. The molecule has 200 valence electrons. The number of carbonyl (C=O) groups is 3. The molecule has 0 aliphatic heterocycles. The molecule has 0 saturated heterocycles. The van der Waals surface area contributed by atoms with Gasteiger partial charge < -0.3 is 30.5 Å². The number of amides is 3. The molecule has 37 heavy (non-hydrogen) atoms. The fourth-order valence-corrected chi connectivity index (χ4v) is 4.22. The van der Waals surface area contributed by atoms with Crippen LogP contribution in [0.25, 0.3) is 0 Å². The van der Waals surface area contributed by atoms with Crippen LogP contribution >= 0.6 is 11.6 Å². The average molecular weight is 532 g/mol. The fraction of sp³-hybridized carbons (Fsp3) is 0.444. The Labute approximate surface area is 221 Å². The highest BCUT2D eigenvalue weighted by molar-refractivity contribution is 6.34. The van der Waals surface area contributed by atoms with E-state index < -0.39 is 42.2 Å². The standard InChI is InChI=1S/C27H34ClN3O6/c1-15-7-6-8-19(28)22(15)30-24(34)23(17-9-12-21(33)16(2)13-17)31(18-10-11-18)25(35)20(14-32)29-26(36)37-27(3,4)5/h6-9,12-13,18,20,23,32-33H,10-11,14H2,1-5H3,(H,29,36)(H,30,34). The molecule has 0 radical (unpaired) electrons. The number of phenolic OH excluding ortho intramolecular Hbond substituents is 1. The molecule has 0 aromatic heterocycles. The van der Waals surface area contributed by atoms with Gasteiger partial charge in [0.1, 0.15) is 23.4 Å². The van der Waals surface area contributed by atoms with Crippen LogP contribution in [0.15, 0.2) is 36.4 Å². The highest BCUT2D eigenvalue weighted by Crippen LogP contribution is 2.38. The van der Waals surface area contributed by atoms with Gasteiger partial charge in [-0.2, -0.15) is 0 Å². The van der Waals surface area contributed by atoms with Gasteiger partial charge in [-0.3, -0.25) is 9.59 Å². The number of nitrogens with zero attached hydrogens (tertiary/aromatic N) is 1. The third-order valence-electron chi connectivity index (χ3n) is 5.90. The number of para-hydroxylation sites is 1. The average Bonchev–Trinajstić information content (AvgIpc) is 3.63. The van der Waals surface area contributed by atoms with Crippen LogP contribution in [0.1, 0.15) is 56.3 Å². The van der Waals surface area contributed by atoms with Crippen LogP contribution in [-0.4, -0.2) is 57.3 Å². The molecule has 1 saturated carbocycles. The number of aliphatic hydroxyl groups excluding tert-OH is 1. The summed E-state index contributed by atoms with van der Waals surface area (Å²) in [4.78, 5) is 41.3. The van der Waals surface area contributed by atoms with E-state index >= 15 is 0 Å². The van der Waals surface area contributed by atoms with Crippen molar-refractivity contribution in [3.05, 3.63) is 58.1 Å². The van der Waals surface area contributed by atoms with Crippen molar-refractivity contribution in [3.63, 3.8) is 0 Å². The number of hydrogen-bond acceptors (Lipinski definition) is 6. The minimum Gasteiger partial charge on any atom is -0.508 e. The summed E-state index contributed by atoms with van der Waals surface area (Å²) in [6.07, 6.45) is 0.453. The molecular weight excluding hydrogens is 498 g/mol. The van der Waals surface area contributed by atoms with Gasteiger partial charge in [-0.15, -0.1) is 0 Å². The number of aryl methyl sites for hydroxylation is 2. The van der Waals surface area contributed by atoms with Crippen LogP contribution in [0.5, 0.6) is 5.75 Å². The second-order valence-electron chi connectivity index (χ2n) is 10.2. The first-order valence-electron chi connectivity index (χ1n) is 12.1. The smallest absolute Gasteiger partial charge is 0.408 e. The van der Waals surface area contributed by atoms with Crippen molar-refractivity contribution >= 4 is 35.2 Å². The molecule has 2 atom stereocenters. The summed E-state index contributed by atoms with van der Waals surface area (Å²) in [6.45, 7) is 7.86.